The summed E-state index contributed by atoms with van der Waals surface area (Å²) >= 11 is 0. The lowest BCUT2D eigenvalue weighted by Crippen LogP contribution is -2.07. The van der Waals surface area contributed by atoms with E-state index in [0.29, 0.717) is 0 Å². The molecule has 0 bridgehead atoms. The van der Waals surface area contributed by atoms with Gasteiger partial charge in [-0.2, -0.15) is 0 Å². The second kappa shape index (κ2) is 127. The molecule has 0 aromatic carbocycles. The summed E-state index contributed by atoms with van der Waals surface area (Å²) < 4.78 is 0. The fraction of sp³-hybridized carbons (Fsp3) is 0. The van der Waals surface area contributed by atoms with E-state index < -0.39 is 36.6 Å². The van der Waals surface area contributed by atoms with Crippen LogP contribution in [0.5, 0.6) is 0 Å². The van der Waals surface area contributed by atoms with E-state index >= 15 is 0 Å². The molecule has 0 aromatic heterocycles. The third-order valence-corrected chi connectivity index (χ3v) is 0. The SMILES string of the molecule is N.N.N.N.N.N.N.N.N.N.N.N.OB(O)O.OB(O)O.OB(O)O.OB(O)O.OB(O)O. The lowest BCUT2D eigenvalue weighted by Gasteiger charge is -1.69. The second-order valence-corrected chi connectivity index (χ2v) is 1.73. The van der Waals surface area contributed by atoms with E-state index in [2.05, 4.69) is 0 Å². The van der Waals surface area contributed by atoms with Crippen molar-refractivity contribution in [1.82, 2.24) is 73.8 Å². The first-order chi connectivity index (χ1) is 8.66. The number of rotatable bonds is 0. The molecule has 0 spiro atoms. The van der Waals surface area contributed by atoms with Crippen molar-refractivity contribution in [1.29, 1.82) is 0 Å². The highest BCUT2D eigenvalue weighted by Gasteiger charge is 1.94. The average Bonchev–Trinajstić information content (AvgIpc) is 1.94. The van der Waals surface area contributed by atoms with E-state index in [9.17, 15) is 0 Å². The molecular weight excluding hydrogens is 462 g/mol. The largest absolute Gasteiger partial charge is 0.631 e. The van der Waals surface area contributed by atoms with E-state index in [1.807, 2.05) is 0 Å². The highest BCUT2D eigenvalue weighted by Crippen LogP contribution is 1.41. The van der Waals surface area contributed by atoms with Gasteiger partial charge in [0.2, 0.25) is 0 Å². The minimum Gasteiger partial charge on any atom is -0.402 e. The van der Waals surface area contributed by atoms with Gasteiger partial charge < -0.3 is 149 Å². The lowest BCUT2D eigenvalue weighted by molar-refractivity contribution is 0.276. The molecule has 0 radical (unpaired) electrons. The van der Waals surface area contributed by atoms with Crippen molar-refractivity contribution in [2.75, 3.05) is 0 Å². The van der Waals surface area contributed by atoms with Crippen molar-refractivity contribution in [3.05, 3.63) is 0 Å². The number of hydrogen-bond acceptors (Lipinski definition) is 27. The van der Waals surface area contributed by atoms with Crippen LogP contribution in [0.15, 0.2) is 0 Å². The molecule has 0 aliphatic rings. The van der Waals surface area contributed by atoms with Crippen LogP contribution in [0.4, 0.5) is 0 Å². The molecule has 0 heterocycles. The Morgan fingerprint density at radius 1 is 0.156 bits per heavy atom. The van der Waals surface area contributed by atoms with Crippen LogP contribution < -0.4 is 73.8 Å². The minimum absolute atomic E-state index is 0. The smallest absolute Gasteiger partial charge is 0.402 e. The maximum Gasteiger partial charge on any atom is 0.631 e. The van der Waals surface area contributed by atoms with E-state index in [4.69, 9.17) is 75.4 Å². The van der Waals surface area contributed by atoms with Crippen LogP contribution in [0.1, 0.15) is 0 Å². The molecule has 0 aliphatic heterocycles. The highest BCUT2D eigenvalue weighted by atomic mass is 16.5. The van der Waals surface area contributed by atoms with Gasteiger partial charge in [-0.3, -0.25) is 0 Å². The van der Waals surface area contributed by atoms with Gasteiger partial charge in [-0.05, 0) is 0 Å². The van der Waals surface area contributed by atoms with Crippen LogP contribution in [0, 0.1) is 0 Å². The van der Waals surface area contributed by atoms with Crippen LogP contribution in [0.25, 0.3) is 0 Å². The molecule has 27 nitrogen and oxygen atoms in total. The summed E-state index contributed by atoms with van der Waals surface area (Å²) in [6.45, 7) is 0. The maximum absolute atomic E-state index is 7.17. The van der Waals surface area contributed by atoms with Gasteiger partial charge in [-0.25, -0.2) is 0 Å². The van der Waals surface area contributed by atoms with Crippen LogP contribution in [-0.4, -0.2) is 112 Å². The molecular formula is H51B5N12O15. The van der Waals surface area contributed by atoms with Crippen LogP contribution in [-0.2, 0) is 0 Å². The van der Waals surface area contributed by atoms with Gasteiger partial charge in [-0.1, -0.05) is 0 Å². The Labute approximate surface area is 187 Å². The summed E-state index contributed by atoms with van der Waals surface area (Å²) in [7, 11) is -10.8. The van der Waals surface area contributed by atoms with Gasteiger partial charge in [0.05, 0.1) is 0 Å². The molecule has 0 saturated heterocycles. The fourth-order valence-electron chi connectivity index (χ4n) is 0. The highest BCUT2D eigenvalue weighted by molar-refractivity contribution is 6.31. The average molecular weight is 514 g/mol. The van der Waals surface area contributed by atoms with Gasteiger partial charge >= 0.3 is 36.6 Å². The summed E-state index contributed by atoms with van der Waals surface area (Å²) in [4.78, 5) is 0. The Kier molecular flexibility index (Phi) is 561. The molecule has 0 atom stereocenters. The molecule has 0 amide bonds. The number of hydrogen-bond donors (Lipinski definition) is 27. The molecule has 0 unspecified atom stereocenters. The van der Waals surface area contributed by atoms with Crippen molar-refractivity contribution in [3.8, 4) is 0 Å². The second-order valence-electron chi connectivity index (χ2n) is 1.73. The molecule has 32 heteroatoms. The predicted octanol–water partition coefficient (Wildman–Crippen LogP) is -8.32. The van der Waals surface area contributed by atoms with E-state index in [1.165, 1.54) is 0 Å². The first-order valence-corrected chi connectivity index (χ1v) is 3.87. The Bertz CT molecular complexity index is 105. The normalized spacial score (nSPS) is 4.22. The molecule has 51 N–H and O–H groups in total. The van der Waals surface area contributed by atoms with Gasteiger partial charge in [0.15, 0.2) is 0 Å². The van der Waals surface area contributed by atoms with Gasteiger partial charge in [0.1, 0.15) is 0 Å². The molecule has 0 rings (SSSR count). The van der Waals surface area contributed by atoms with Crippen molar-refractivity contribution >= 4 is 36.6 Å². The van der Waals surface area contributed by atoms with Crippen LogP contribution in [0.2, 0.25) is 0 Å². The zero-order valence-electron chi connectivity index (χ0n) is 18.1. The van der Waals surface area contributed by atoms with Gasteiger partial charge in [-0.15, -0.1) is 0 Å². The molecule has 0 fully saturated rings. The van der Waals surface area contributed by atoms with Gasteiger partial charge in [0, 0.05) is 0 Å². The summed E-state index contributed by atoms with van der Waals surface area (Å²) in [5.41, 5.74) is 0. The molecule has 216 valence electrons. The van der Waals surface area contributed by atoms with Crippen LogP contribution >= 0.6 is 0 Å². The topological polar surface area (TPSA) is 723 Å². The zero-order chi connectivity index (χ0) is 17.9. The van der Waals surface area contributed by atoms with E-state index in [1.54, 1.807) is 0 Å². The quantitative estimate of drug-likeness (QED) is 0.133. The van der Waals surface area contributed by atoms with Crippen molar-refractivity contribution in [2.45, 2.75) is 0 Å². The van der Waals surface area contributed by atoms with E-state index in [-0.39, 0.29) is 73.8 Å². The standard InChI is InChI=1S/5BH3O3.12H3N/c5*2-1(3)4;;;;;;;;;;;;/h5*2-4H;12*1H3. The first-order valence-electron chi connectivity index (χ1n) is 3.87. The Hall–Kier alpha value is -0.755. The first kappa shape index (κ1) is 141. The van der Waals surface area contributed by atoms with Crippen molar-refractivity contribution in [2.24, 2.45) is 0 Å². The van der Waals surface area contributed by atoms with Crippen LogP contribution in [0.3, 0.4) is 0 Å². The monoisotopic (exact) mass is 514 g/mol. The molecule has 32 heavy (non-hydrogen) atoms. The Morgan fingerprint density at radius 3 is 0.156 bits per heavy atom. The minimum atomic E-state index is -2.17. The van der Waals surface area contributed by atoms with Crippen molar-refractivity contribution < 1.29 is 75.4 Å². The third kappa shape index (κ3) is 40900. The molecule has 0 aliphatic carbocycles. The van der Waals surface area contributed by atoms with E-state index in [0.717, 1.165) is 0 Å². The molecule has 0 aromatic rings. The summed E-state index contributed by atoms with van der Waals surface area (Å²) in [5.74, 6) is 0. The van der Waals surface area contributed by atoms with Gasteiger partial charge in [0.25, 0.3) is 0 Å². The Morgan fingerprint density at radius 2 is 0.156 bits per heavy atom. The molecule has 0 saturated carbocycles. The Balaban J connectivity index is -0.00000000536. The summed E-state index contributed by atoms with van der Waals surface area (Å²) in [5, 5.41) is 108. The summed E-state index contributed by atoms with van der Waals surface area (Å²) in [6, 6.07) is 0. The third-order valence-electron chi connectivity index (χ3n) is 0. The summed E-state index contributed by atoms with van der Waals surface area (Å²) in [6.07, 6.45) is 0. The maximum atomic E-state index is 7.17. The lowest BCUT2D eigenvalue weighted by atomic mass is 10.3. The predicted molar refractivity (Wildman–Crippen MR) is 122 cm³/mol. The van der Waals surface area contributed by atoms with Crippen molar-refractivity contribution in [3.63, 3.8) is 0 Å². The fourth-order valence-corrected chi connectivity index (χ4v) is 0. The zero-order valence-corrected chi connectivity index (χ0v) is 18.1.